The second-order valence-electron chi connectivity index (χ2n) is 4.31. The SMILES string of the molecule is NC(=O)c1csc(C(=O)NCCCOCc2ccco2)c1. The van der Waals surface area contributed by atoms with Crippen LogP contribution in [-0.4, -0.2) is 25.0 Å². The zero-order chi connectivity index (χ0) is 15.1. The predicted octanol–water partition coefficient (Wildman–Crippen LogP) is 1.78. The molecule has 2 aromatic rings. The summed E-state index contributed by atoms with van der Waals surface area (Å²) in [6, 6.07) is 5.14. The average Bonchev–Trinajstić information content (AvgIpc) is 3.13. The molecule has 7 heteroatoms. The minimum Gasteiger partial charge on any atom is -0.467 e. The summed E-state index contributed by atoms with van der Waals surface area (Å²) in [5.41, 5.74) is 5.49. The number of carbonyl (C=O) groups is 2. The Balaban J connectivity index is 1.61. The van der Waals surface area contributed by atoms with Crippen LogP contribution in [0.1, 0.15) is 32.2 Å². The van der Waals surface area contributed by atoms with E-state index in [1.807, 2.05) is 6.07 Å². The number of ether oxygens (including phenoxy) is 1. The van der Waals surface area contributed by atoms with Crippen LogP contribution in [0.15, 0.2) is 34.3 Å². The molecule has 0 atom stereocenters. The van der Waals surface area contributed by atoms with Crippen molar-refractivity contribution >= 4 is 23.2 Å². The molecule has 0 saturated heterocycles. The summed E-state index contributed by atoms with van der Waals surface area (Å²) in [5, 5.41) is 4.33. The Hall–Kier alpha value is -2.12. The van der Waals surface area contributed by atoms with Crippen molar-refractivity contribution in [2.45, 2.75) is 13.0 Å². The second kappa shape index (κ2) is 7.61. The largest absolute Gasteiger partial charge is 0.467 e. The number of thiophene rings is 1. The summed E-state index contributed by atoms with van der Waals surface area (Å²) < 4.78 is 10.5. The smallest absolute Gasteiger partial charge is 0.261 e. The predicted molar refractivity (Wildman–Crippen MR) is 78.2 cm³/mol. The normalized spacial score (nSPS) is 10.5. The molecule has 0 bridgehead atoms. The van der Waals surface area contributed by atoms with E-state index in [1.165, 1.54) is 17.4 Å². The zero-order valence-electron chi connectivity index (χ0n) is 11.3. The van der Waals surface area contributed by atoms with Crippen LogP contribution in [0.2, 0.25) is 0 Å². The fraction of sp³-hybridized carbons (Fsp3) is 0.286. The number of primary amides is 1. The molecule has 6 nitrogen and oxygen atoms in total. The fourth-order valence-corrected chi connectivity index (χ4v) is 2.43. The van der Waals surface area contributed by atoms with Crippen molar-refractivity contribution in [3.8, 4) is 0 Å². The van der Waals surface area contributed by atoms with Crippen LogP contribution < -0.4 is 11.1 Å². The van der Waals surface area contributed by atoms with E-state index in [9.17, 15) is 9.59 Å². The summed E-state index contributed by atoms with van der Waals surface area (Å²) in [4.78, 5) is 23.2. The highest BCUT2D eigenvalue weighted by Gasteiger charge is 2.10. The molecular formula is C14H16N2O4S. The molecule has 0 aliphatic heterocycles. The molecule has 0 aromatic carbocycles. The van der Waals surface area contributed by atoms with Crippen molar-refractivity contribution in [1.29, 1.82) is 0 Å². The first-order chi connectivity index (χ1) is 10.2. The quantitative estimate of drug-likeness (QED) is 0.727. The van der Waals surface area contributed by atoms with Gasteiger partial charge in [0.1, 0.15) is 12.4 Å². The maximum atomic E-state index is 11.8. The highest BCUT2D eigenvalue weighted by atomic mass is 32.1. The molecule has 21 heavy (non-hydrogen) atoms. The molecule has 0 saturated carbocycles. The van der Waals surface area contributed by atoms with Gasteiger partial charge in [-0.3, -0.25) is 9.59 Å². The molecule has 2 amide bonds. The monoisotopic (exact) mass is 308 g/mol. The Labute approximate surface area is 125 Å². The Bertz CT molecular complexity index is 592. The third kappa shape index (κ3) is 4.73. The van der Waals surface area contributed by atoms with Crippen molar-refractivity contribution in [3.63, 3.8) is 0 Å². The Morgan fingerprint density at radius 3 is 2.95 bits per heavy atom. The molecule has 3 N–H and O–H groups in total. The van der Waals surface area contributed by atoms with Gasteiger partial charge in [0.15, 0.2) is 0 Å². The van der Waals surface area contributed by atoms with E-state index in [0.717, 1.165) is 5.76 Å². The lowest BCUT2D eigenvalue weighted by atomic mass is 10.3. The number of furan rings is 1. The molecule has 0 fully saturated rings. The third-order valence-corrected chi connectivity index (χ3v) is 3.61. The fourth-order valence-electron chi connectivity index (χ4n) is 1.62. The van der Waals surface area contributed by atoms with E-state index in [-0.39, 0.29) is 5.91 Å². The Morgan fingerprint density at radius 2 is 2.29 bits per heavy atom. The highest BCUT2D eigenvalue weighted by Crippen LogP contribution is 2.13. The molecule has 112 valence electrons. The molecule has 2 aromatic heterocycles. The van der Waals surface area contributed by atoms with E-state index in [2.05, 4.69) is 5.32 Å². The maximum absolute atomic E-state index is 11.8. The van der Waals surface area contributed by atoms with Gasteiger partial charge in [-0.25, -0.2) is 0 Å². The van der Waals surface area contributed by atoms with Crippen LogP contribution in [0.25, 0.3) is 0 Å². The number of nitrogens with one attached hydrogen (secondary N) is 1. The number of amides is 2. The van der Waals surface area contributed by atoms with E-state index < -0.39 is 5.91 Å². The van der Waals surface area contributed by atoms with Crippen molar-refractivity contribution in [3.05, 3.63) is 46.0 Å². The van der Waals surface area contributed by atoms with Crippen molar-refractivity contribution in [1.82, 2.24) is 5.32 Å². The second-order valence-corrected chi connectivity index (χ2v) is 5.22. The molecule has 0 unspecified atom stereocenters. The maximum Gasteiger partial charge on any atom is 0.261 e. The molecule has 2 heterocycles. The highest BCUT2D eigenvalue weighted by molar-refractivity contribution is 7.12. The zero-order valence-corrected chi connectivity index (χ0v) is 12.2. The topological polar surface area (TPSA) is 94.6 Å². The summed E-state index contributed by atoms with van der Waals surface area (Å²) in [7, 11) is 0. The van der Waals surface area contributed by atoms with Crippen molar-refractivity contribution < 1.29 is 18.7 Å². The lowest BCUT2D eigenvalue weighted by Crippen LogP contribution is -2.24. The Morgan fingerprint density at radius 1 is 1.43 bits per heavy atom. The molecule has 0 spiro atoms. The van der Waals surface area contributed by atoms with Gasteiger partial charge in [-0.15, -0.1) is 11.3 Å². The summed E-state index contributed by atoms with van der Waals surface area (Å²) in [5.74, 6) is 0.0340. The van der Waals surface area contributed by atoms with Gasteiger partial charge in [0.25, 0.3) is 5.91 Å². The first-order valence-corrected chi connectivity index (χ1v) is 7.31. The summed E-state index contributed by atoms with van der Waals surface area (Å²) >= 11 is 1.20. The minimum atomic E-state index is -0.531. The van der Waals surface area contributed by atoms with Crippen LogP contribution in [0.5, 0.6) is 0 Å². The van der Waals surface area contributed by atoms with Gasteiger partial charge in [-0.05, 0) is 24.6 Å². The number of hydrogen-bond donors (Lipinski definition) is 2. The van der Waals surface area contributed by atoms with Gasteiger partial charge in [0.2, 0.25) is 5.91 Å². The molecule has 0 aliphatic carbocycles. The first-order valence-electron chi connectivity index (χ1n) is 6.43. The van der Waals surface area contributed by atoms with Crippen LogP contribution >= 0.6 is 11.3 Å². The van der Waals surface area contributed by atoms with E-state index in [4.69, 9.17) is 14.9 Å². The number of nitrogens with two attached hydrogens (primary N) is 1. The number of hydrogen-bond acceptors (Lipinski definition) is 5. The van der Waals surface area contributed by atoms with Gasteiger partial charge in [0.05, 0.1) is 16.7 Å². The molecular weight excluding hydrogens is 292 g/mol. The summed E-state index contributed by atoms with van der Waals surface area (Å²) in [6.07, 6.45) is 2.29. The standard InChI is InChI=1S/C14H16N2O4S/c15-13(17)10-7-12(21-9-10)14(18)16-4-2-5-19-8-11-3-1-6-20-11/h1,3,6-7,9H,2,4-5,8H2,(H2,15,17)(H,16,18). The number of rotatable bonds is 8. The van der Waals surface area contributed by atoms with Crippen LogP contribution in [0.3, 0.4) is 0 Å². The van der Waals surface area contributed by atoms with Gasteiger partial charge >= 0.3 is 0 Å². The molecule has 0 aliphatic rings. The minimum absolute atomic E-state index is 0.210. The van der Waals surface area contributed by atoms with Crippen LogP contribution in [-0.2, 0) is 11.3 Å². The third-order valence-electron chi connectivity index (χ3n) is 2.68. The molecule has 2 rings (SSSR count). The van der Waals surface area contributed by atoms with Gasteiger partial charge in [-0.2, -0.15) is 0 Å². The van der Waals surface area contributed by atoms with Gasteiger partial charge in [-0.1, -0.05) is 0 Å². The van der Waals surface area contributed by atoms with Crippen molar-refractivity contribution in [2.75, 3.05) is 13.2 Å². The first kappa shape index (κ1) is 15.3. The van der Waals surface area contributed by atoms with E-state index >= 15 is 0 Å². The lowest BCUT2D eigenvalue weighted by Gasteiger charge is -2.04. The van der Waals surface area contributed by atoms with Crippen LogP contribution in [0.4, 0.5) is 0 Å². The van der Waals surface area contributed by atoms with E-state index in [0.29, 0.717) is 36.6 Å². The summed E-state index contributed by atoms with van der Waals surface area (Å²) in [6.45, 7) is 1.45. The van der Waals surface area contributed by atoms with Gasteiger partial charge in [0, 0.05) is 18.5 Å². The van der Waals surface area contributed by atoms with E-state index in [1.54, 1.807) is 17.7 Å². The number of carbonyl (C=O) groups excluding carboxylic acids is 2. The average molecular weight is 308 g/mol. The Kier molecular flexibility index (Phi) is 5.53. The van der Waals surface area contributed by atoms with Crippen molar-refractivity contribution in [2.24, 2.45) is 5.73 Å². The van der Waals surface area contributed by atoms with Crippen LogP contribution in [0, 0.1) is 0 Å². The van der Waals surface area contributed by atoms with Gasteiger partial charge < -0.3 is 20.2 Å². The lowest BCUT2D eigenvalue weighted by molar-refractivity contribution is 0.0920. The molecule has 0 radical (unpaired) electrons.